The topological polar surface area (TPSA) is 58.4 Å². The lowest BCUT2D eigenvalue weighted by molar-refractivity contribution is -0.126. The first-order chi connectivity index (χ1) is 9.72. The highest BCUT2D eigenvalue weighted by Crippen LogP contribution is 2.26. The average molecular weight is 275 g/mol. The molecular formula is C16H25N3O. The SMILES string of the molecule is CC(c1ccccc1)N1CCCC(C(=O)NCCN)C1. The molecule has 2 rings (SSSR count). The maximum Gasteiger partial charge on any atom is 0.224 e. The molecule has 0 bridgehead atoms. The van der Waals surface area contributed by atoms with E-state index in [2.05, 4.69) is 41.4 Å². The van der Waals surface area contributed by atoms with Crippen LogP contribution in [0, 0.1) is 5.92 Å². The first kappa shape index (κ1) is 15.0. The Kier molecular flexibility index (Phi) is 5.56. The number of nitrogens with two attached hydrogens (primary N) is 1. The van der Waals surface area contributed by atoms with Crippen molar-refractivity contribution in [2.24, 2.45) is 11.7 Å². The van der Waals surface area contributed by atoms with Gasteiger partial charge in [0.1, 0.15) is 0 Å². The summed E-state index contributed by atoms with van der Waals surface area (Å²) >= 11 is 0. The number of carbonyl (C=O) groups is 1. The second-order valence-corrected chi connectivity index (χ2v) is 5.50. The van der Waals surface area contributed by atoms with Gasteiger partial charge in [0.25, 0.3) is 0 Å². The van der Waals surface area contributed by atoms with Crippen LogP contribution in [-0.4, -0.2) is 37.0 Å². The Balaban J connectivity index is 1.94. The van der Waals surface area contributed by atoms with Crippen LogP contribution >= 0.6 is 0 Å². The highest BCUT2D eigenvalue weighted by atomic mass is 16.1. The van der Waals surface area contributed by atoms with E-state index in [0.717, 1.165) is 25.9 Å². The third kappa shape index (κ3) is 3.81. The first-order valence-electron chi connectivity index (χ1n) is 7.49. The van der Waals surface area contributed by atoms with E-state index >= 15 is 0 Å². The van der Waals surface area contributed by atoms with Crippen molar-refractivity contribution in [2.75, 3.05) is 26.2 Å². The highest BCUT2D eigenvalue weighted by Gasteiger charge is 2.28. The fraction of sp³-hybridized carbons (Fsp3) is 0.562. The van der Waals surface area contributed by atoms with Crippen molar-refractivity contribution in [3.05, 3.63) is 35.9 Å². The summed E-state index contributed by atoms with van der Waals surface area (Å²) in [6.45, 7) is 5.20. The van der Waals surface area contributed by atoms with Crippen LogP contribution in [0.25, 0.3) is 0 Å². The van der Waals surface area contributed by atoms with Crippen molar-refractivity contribution in [3.8, 4) is 0 Å². The van der Waals surface area contributed by atoms with Crippen LogP contribution in [0.1, 0.15) is 31.4 Å². The second-order valence-electron chi connectivity index (χ2n) is 5.50. The molecule has 1 amide bonds. The molecule has 2 atom stereocenters. The number of nitrogens with one attached hydrogen (secondary N) is 1. The van der Waals surface area contributed by atoms with Gasteiger partial charge in [-0.15, -0.1) is 0 Å². The van der Waals surface area contributed by atoms with Gasteiger partial charge < -0.3 is 11.1 Å². The molecule has 0 saturated carbocycles. The van der Waals surface area contributed by atoms with E-state index in [9.17, 15) is 4.79 Å². The average Bonchev–Trinajstić information content (AvgIpc) is 2.52. The number of carbonyl (C=O) groups excluding carboxylic acids is 1. The molecule has 2 unspecified atom stereocenters. The van der Waals surface area contributed by atoms with Crippen molar-refractivity contribution in [2.45, 2.75) is 25.8 Å². The van der Waals surface area contributed by atoms with Crippen LogP contribution in [-0.2, 0) is 4.79 Å². The molecule has 0 spiro atoms. The van der Waals surface area contributed by atoms with Gasteiger partial charge in [-0.1, -0.05) is 30.3 Å². The number of benzene rings is 1. The fourth-order valence-electron chi connectivity index (χ4n) is 2.85. The minimum absolute atomic E-state index is 0.0986. The molecule has 4 heteroatoms. The van der Waals surface area contributed by atoms with E-state index in [4.69, 9.17) is 5.73 Å². The molecular weight excluding hydrogens is 250 g/mol. The van der Waals surface area contributed by atoms with Crippen LogP contribution in [0.5, 0.6) is 0 Å². The van der Waals surface area contributed by atoms with E-state index in [1.165, 1.54) is 5.56 Å². The minimum Gasteiger partial charge on any atom is -0.355 e. The predicted octanol–water partition coefficient (Wildman–Crippen LogP) is 1.53. The van der Waals surface area contributed by atoms with E-state index < -0.39 is 0 Å². The zero-order valence-electron chi connectivity index (χ0n) is 12.2. The monoisotopic (exact) mass is 275 g/mol. The Hall–Kier alpha value is -1.39. The smallest absolute Gasteiger partial charge is 0.224 e. The third-order valence-corrected chi connectivity index (χ3v) is 4.10. The van der Waals surface area contributed by atoms with Gasteiger partial charge >= 0.3 is 0 Å². The molecule has 0 aliphatic carbocycles. The number of nitrogens with zero attached hydrogens (tertiary/aromatic N) is 1. The fourth-order valence-corrected chi connectivity index (χ4v) is 2.85. The van der Waals surface area contributed by atoms with Crippen LogP contribution in [0.4, 0.5) is 0 Å². The summed E-state index contributed by atoms with van der Waals surface area (Å²) in [4.78, 5) is 14.5. The zero-order chi connectivity index (χ0) is 14.4. The van der Waals surface area contributed by atoms with Crippen molar-refractivity contribution in [1.29, 1.82) is 0 Å². The largest absolute Gasteiger partial charge is 0.355 e. The Morgan fingerprint density at radius 2 is 2.20 bits per heavy atom. The summed E-state index contributed by atoms with van der Waals surface area (Å²) in [6, 6.07) is 10.9. The van der Waals surface area contributed by atoms with Crippen LogP contribution in [0.3, 0.4) is 0 Å². The standard InChI is InChI=1S/C16H25N3O/c1-13(14-6-3-2-4-7-14)19-11-5-8-15(12-19)16(20)18-10-9-17/h2-4,6-7,13,15H,5,8-12,17H2,1H3,(H,18,20). The Labute approximate surface area is 121 Å². The first-order valence-corrected chi connectivity index (χ1v) is 7.49. The zero-order valence-corrected chi connectivity index (χ0v) is 12.2. The minimum atomic E-state index is 0.0986. The lowest BCUT2D eigenvalue weighted by Gasteiger charge is -2.36. The van der Waals surface area contributed by atoms with E-state index in [-0.39, 0.29) is 11.8 Å². The number of amides is 1. The van der Waals surface area contributed by atoms with Crippen LogP contribution < -0.4 is 11.1 Å². The molecule has 1 fully saturated rings. The Morgan fingerprint density at radius 3 is 2.90 bits per heavy atom. The molecule has 0 aromatic heterocycles. The molecule has 4 nitrogen and oxygen atoms in total. The summed E-state index contributed by atoms with van der Waals surface area (Å²) in [6.07, 6.45) is 2.06. The third-order valence-electron chi connectivity index (χ3n) is 4.10. The predicted molar refractivity (Wildman–Crippen MR) is 81.2 cm³/mol. The number of piperidine rings is 1. The van der Waals surface area contributed by atoms with Gasteiger partial charge in [-0.2, -0.15) is 0 Å². The number of likely N-dealkylation sites (tertiary alicyclic amines) is 1. The van der Waals surface area contributed by atoms with Gasteiger partial charge in [0, 0.05) is 25.7 Å². The van der Waals surface area contributed by atoms with Crippen molar-refractivity contribution in [3.63, 3.8) is 0 Å². The Morgan fingerprint density at radius 1 is 1.45 bits per heavy atom. The van der Waals surface area contributed by atoms with Crippen molar-refractivity contribution >= 4 is 5.91 Å². The summed E-state index contributed by atoms with van der Waals surface area (Å²) < 4.78 is 0. The summed E-state index contributed by atoms with van der Waals surface area (Å²) in [5, 5.41) is 2.91. The lowest BCUT2D eigenvalue weighted by Crippen LogP contribution is -2.44. The molecule has 20 heavy (non-hydrogen) atoms. The van der Waals surface area contributed by atoms with Gasteiger partial charge in [-0.05, 0) is 31.9 Å². The molecule has 1 aromatic carbocycles. The molecule has 1 heterocycles. The lowest BCUT2D eigenvalue weighted by atomic mass is 9.94. The number of hydrogen-bond acceptors (Lipinski definition) is 3. The summed E-state index contributed by atoms with van der Waals surface area (Å²) in [7, 11) is 0. The summed E-state index contributed by atoms with van der Waals surface area (Å²) in [5.74, 6) is 0.252. The van der Waals surface area contributed by atoms with E-state index in [1.54, 1.807) is 0 Å². The molecule has 1 aliphatic heterocycles. The number of hydrogen-bond donors (Lipinski definition) is 2. The van der Waals surface area contributed by atoms with Crippen LogP contribution in [0.2, 0.25) is 0 Å². The highest BCUT2D eigenvalue weighted by molar-refractivity contribution is 5.78. The molecule has 3 N–H and O–H groups in total. The van der Waals surface area contributed by atoms with Gasteiger partial charge in [-0.3, -0.25) is 9.69 Å². The van der Waals surface area contributed by atoms with E-state index in [1.807, 2.05) is 6.07 Å². The van der Waals surface area contributed by atoms with Gasteiger partial charge in [0.15, 0.2) is 0 Å². The van der Waals surface area contributed by atoms with Crippen LogP contribution in [0.15, 0.2) is 30.3 Å². The van der Waals surface area contributed by atoms with Gasteiger partial charge in [-0.25, -0.2) is 0 Å². The number of rotatable bonds is 5. The second kappa shape index (κ2) is 7.41. The summed E-state index contributed by atoms with van der Waals surface area (Å²) in [5.41, 5.74) is 6.75. The van der Waals surface area contributed by atoms with Gasteiger partial charge in [0.2, 0.25) is 5.91 Å². The maximum absolute atomic E-state index is 12.1. The Bertz CT molecular complexity index is 421. The molecule has 1 aromatic rings. The van der Waals surface area contributed by atoms with Crippen molar-refractivity contribution < 1.29 is 4.79 Å². The maximum atomic E-state index is 12.1. The molecule has 1 aliphatic rings. The van der Waals surface area contributed by atoms with E-state index in [0.29, 0.717) is 19.1 Å². The molecule has 110 valence electrons. The quantitative estimate of drug-likeness (QED) is 0.857. The molecule has 1 saturated heterocycles. The van der Waals surface area contributed by atoms with Gasteiger partial charge in [0.05, 0.1) is 5.92 Å². The van der Waals surface area contributed by atoms with Crippen molar-refractivity contribution in [1.82, 2.24) is 10.2 Å². The normalized spacial score (nSPS) is 21.4. The molecule has 0 radical (unpaired) electrons.